The van der Waals surface area contributed by atoms with E-state index in [4.69, 9.17) is 0 Å². The highest BCUT2D eigenvalue weighted by molar-refractivity contribution is 7.58. The van der Waals surface area contributed by atoms with E-state index in [0.717, 1.165) is 0 Å². The summed E-state index contributed by atoms with van der Waals surface area (Å²) in [5.41, 5.74) is 0. The summed E-state index contributed by atoms with van der Waals surface area (Å²) in [7, 11) is 0.582. The summed E-state index contributed by atoms with van der Waals surface area (Å²) in [6.07, 6.45) is 0. The Morgan fingerprint density at radius 2 is 1.05 bits per heavy atom. The minimum atomic E-state index is -0.705. The Balaban J connectivity index is 5.29. The van der Waals surface area contributed by atoms with E-state index in [1.54, 1.807) is 0 Å². The Morgan fingerprint density at radius 3 is 1.19 bits per heavy atom. The molecule has 1 N–H and O–H groups in total. The predicted octanol–water partition coefficient (Wildman–Crippen LogP) is 4.21. The molecule has 4 nitrogen and oxygen atoms in total. The lowest BCUT2D eigenvalue weighted by atomic mass is 10.3. The number of hydrogen-bond donors (Lipinski definition) is 1. The lowest BCUT2D eigenvalue weighted by Crippen LogP contribution is -2.41. The third-order valence-corrected chi connectivity index (χ3v) is 7.93. The number of carboxylic acid groups (broad SMARTS) is 1. The van der Waals surface area contributed by atoms with Crippen molar-refractivity contribution in [3.05, 3.63) is 0 Å². The van der Waals surface area contributed by atoms with Gasteiger partial charge >= 0.3 is 5.97 Å². The van der Waals surface area contributed by atoms with Crippen LogP contribution in [0, 0.1) is 0 Å². The fraction of sp³-hybridized carbons (Fsp3) is 0.933. The maximum absolute atomic E-state index is 11.9. The van der Waals surface area contributed by atoms with Gasteiger partial charge in [-0.25, -0.2) is 0 Å². The topological polar surface area (TPSA) is 43.8 Å². The van der Waals surface area contributed by atoms with Crippen LogP contribution < -0.4 is 0 Å². The number of carbonyl (C=O) groups is 1. The molecule has 0 rings (SSSR count). The van der Waals surface area contributed by atoms with Gasteiger partial charge in [-0.15, -0.1) is 0 Å². The molecule has 0 saturated heterocycles. The van der Waals surface area contributed by atoms with Crippen LogP contribution in [0.5, 0.6) is 0 Å². The SMILES string of the molecule is CC(C)N(PC(C)(PN(C(C)C)C(C)C)C(=O)O)C(C)C. The van der Waals surface area contributed by atoms with Crippen molar-refractivity contribution in [2.24, 2.45) is 0 Å². The van der Waals surface area contributed by atoms with Gasteiger partial charge in [0.2, 0.25) is 0 Å². The molecule has 2 unspecified atom stereocenters. The van der Waals surface area contributed by atoms with Gasteiger partial charge in [0, 0.05) is 24.2 Å². The molecule has 21 heavy (non-hydrogen) atoms. The molecule has 0 aromatic rings. The molecule has 0 spiro atoms. The van der Waals surface area contributed by atoms with E-state index in [0.29, 0.717) is 41.6 Å². The fourth-order valence-corrected chi connectivity index (χ4v) is 5.58. The molecule has 6 heteroatoms. The van der Waals surface area contributed by atoms with Gasteiger partial charge in [-0.2, -0.15) is 0 Å². The average Bonchev–Trinajstić information content (AvgIpc) is 2.31. The summed E-state index contributed by atoms with van der Waals surface area (Å²) in [6.45, 7) is 19.0. The van der Waals surface area contributed by atoms with E-state index in [2.05, 4.69) is 64.7 Å². The number of rotatable bonds is 9. The zero-order chi connectivity index (χ0) is 17.0. The summed E-state index contributed by atoms with van der Waals surface area (Å²) < 4.78 is 4.61. The molecule has 0 heterocycles. The van der Waals surface area contributed by atoms with Crippen LogP contribution in [0.4, 0.5) is 0 Å². The van der Waals surface area contributed by atoms with E-state index < -0.39 is 10.9 Å². The smallest absolute Gasteiger partial charge is 0.320 e. The number of aliphatic carboxylic acids is 1. The summed E-state index contributed by atoms with van der Waals surface area (Å²) in [5.74, 6) is -0.684. The molecule has 0 aliphatic heterocycles. The van der Waals surface area contributed by atoms with Crippen LogP contribution in [-0.2, 0) is 4.79 Å². The van der Waals surface area contributed by atoms with Crippen LogP contribution >= 0.6 is 17.5 Å². The van der Waals surface area contributed by atoms with Gasteiger partial charge in [0.25, 0.3) is 0 Å². The second-order valence-electron chi connectivity index (χ2n) is 6.84. The third kappa shape index (κ3) is 6.48. The summed E-state index contributed by atoms with van der Waals surface area (Å²) in [5, 5.41) is 9.82. The Kier molecular flexibility index (Phi) is 8.88. The van der Waals surface area contributed by atoms with Gasteiger partial charge in [0.1, 0.15) is 4.90 Å². The van der Waals surface area contributed by atoms with Crippen molar-refractivity contribution in [3.8, 4) is 0 Å². The maximum Gasteiger partial charge on any atom is 0.320 e. The molecule has 0 aliphatic carbocycles. The first-order valence-corrected chi connectivity index (χ1v) is 9.67. The minimum Gasteiger partial charge on any atom is -0.480 e. The summed E-state index contributed by atoms with van der Waals surface area (Å²) in [4.78, 5) is 11.2. The first kappa shape index (κ1) is 21.2. The number of hydrogen-bond acceptors (Lipinski definition) is 3. The minimum absolute atomic E-state index is 0.291. The second kappa shape index (κ2) is 8.77. The molecule has 0 radical (unpaired) electrons. The van der Waals surface area contributed by atoms with E-state index in [9.17, 15) is 9.90 Å². The van der Waals surface area contributed by atoms with Crippen molar-refractivity contribution in [2.45, 2.75) is 91.4 Å². The molecule has 0 saturated carbocycles. The van der Waals surface area contributed by atoms with Gasteiger partial charge in [-0.1, -0.05) is 0 Å². The van der Waals surface area contributed by atoms with Gasteiger partial charge < -0.3 is 5.11 Å². The van der Waals surface area contributed by atoms with Crippen molar-refractivity contribution in [3.63, 3.8) is 0 Å². The standard InChI is InChI=1S/C15H34N2O2P2/c1-10(2)16(11(3)4)20-15(9,14(18)19)21-17(12(5)6)13(7)8/h10-13,20-21H,1-9H3,(H,18,19). The monoisotopic (exact) mass is 336 g/mol. The van der Waals surface area contributed by atoms with E-state index in [1.165, 1.54) is 0 Å². The van der Waals surface area contributed by atoms with E-state index in [-0.39, 0.29) is 0 Å². The molecule has 126 valence electrons. The van der Waals surface area contributed by atoms with E-state index >= 15 is 0 Å². The summed E-state index contributed by atoms with van der Waals surface area (Å²) >= 11 is 0. The van der Waals surface area contributed by atoms with E-state index in [1.807, 2.05) is 6.92 Å². The van der Waals surface area contributed by atoms with Crippen molar-refractivity contribution in [1.82, 2.24) is 9.34 Å². The van der Waals surface area contributed by atoms with Crippen molar-refractivity contribution < 1.29 is 9.90 Å². The molecule has 0 fully saturated rings. The zero-order valence-corrected chi connectivity index (χ0v) is 17.1. The molecular weight excluding hydrogens is 302 g/mol. The Morgan fingerprint density at radius 1 is 0.810 bits per heavy atom. The first-order chi connectivity index (χ1) is 9.42. The van der Waals surface area contributed by atoms with Gasteiger partial charge in [0.15, 0.2) is 0 Å². The van der Waals surface area contributed by atoms with Gasteiger partial charge in [0.05, 0.1) is 0 Å². The van der Waals surface area contributed by atoms with Crippen LogP contribution in [0.2, 0.25) is 0 Å². The molecule has 0 amide bonds. The maximum atomic E-state index is 11.9. The quantitative estimate of drug-likeness (QED) is 0.641. The highest BCUT2D eigenvalue weighted by Crippen LogP contribution is 2.52. The summed E-state index contributed by atoms with van der Waals surface area (Å²) in [6, 6.07) is 1.44. The van der Waals surface area contributed by atoms with Crippen LogP contribution in [0.3, 0.4) is 0 Å². The normalized spacial score (nSPS) is 16.9. The first-order valence-electron chi connectivity index (χ1n) is 7.78. The average molecular weight is 336 g/mol. The Labute approximate surface area is 134 Å². The fourth-order valence-electron chi connectivity index (χ4n) is 2.35. The number of nitrogens with zero attached hydrogens (tertiary/aromatic N) is 2. The zero-order valence-electron chi connectivity index (χ0n) is 15.1. The molecular formula is C15H34N2O2P2. The number of carboxylic acids is 1. The van der Waals surface area contributed by atoms with Crippen LogP contribution in [0.15, 0.2) is 0 Å². The third-order valence-electron chi connectivity index (χ3n) is 3.36. The molecule has 0 aliphatic rings. The lowest BCUT2D eigenvalue weighted by molar-refractivity contribution is -0.137. The van der Waals surface area contributed by atoms with Crippen LogP contribution in [0.1, 0.15) is 62.3 Å². The van der Waals surface area contributed by atoms with Gasteiger partial charge in [-0.3, -0.25) is 14.1 Å². The molecule has 0 aromatic carbocycles. The predicted molar refractivity (Wildman–Crippen MR) is 96.9 cm³/mol. The largest absolute Gasteiger partial charge is 0.480 e. The molecule has 0 aromatic heterocycles. The Bertz CT molecular complexity index is 296. The van der Waals surface area contributed by atoms with Crippen LogP contribution in [-0.4, -0.2) is 49.5 Å². The van der Waals surface area contributed by atoms with Crippen molar-refractivity contribution in [1.29, 1.82) is 0 Å². The highest BCUT2D eigenvalue weighted by atomic mass is 31.1. The highest BCUT2D eigenvalue weighted by Gasteiger charge is 2.39. The van der Waals surface area contributed by atoms with Crippen molar-refractivity contribution >= 4 is 23.4 Å². The van der Waals surface area contributed by atoms with Crippen LogP contribution in [0.25, 0.3) is 0 Å². The Hall–Kier alpha value is 0.250. The molecule has 0 bridgehead atoms. The van der Waals surface area contributed by atoms with Gasteiger partial charge in [-0.05, 0) is 79.8 Å². The molecule has 2 atom stereocenters. The lowest BCUT2D eigenvalue weighted by Gasteiger charge is -2.41. The second-order valence-corrected chi connectivity index (χ2v) is 10.8. The van der Waals surface area contributed by atoms with Crippen molar-refractivity contribution in [2.75, 3.05) is 0 Å².